The molecule has 6 nitrogen and oxygen atoms in total. The molecule has 1 aromatic carbocycles. The van der Waals surface area contributed by atoms with Gasteiger partial charge < -0.3 is 9.94 Å². The summed E-state index contributed by atoms with van der Waals surface area (Å²) in [6.45, 7) is 7.81. The molecule has 0 spiro atoms. The molecule has 1 N–H and O–H groups in total. The normalized spacial score (nSPS) is 14.3. The molecule has 2 heterocycles. The Morgan fingerprint density at radius 1 is 0.931 bits per heavy atom. The molecule has 1 atom stereocenters. The average Bonchev–Trinajstić information content (AvgIpc) is 2.73. The van der Waals surface area contributed by atoms with Crippen molar-refractivity contribution in [3.05, 3.63) is 78.1 Å². The first-order chi connectivity index (χ1) is 13.8. The van der Waals surface area contributed by atoms with Gasteiger partial charge in [-0.15, -0.1) is 0 Å². The predicted octanol–water partition coefficient (Wildman–Crippen LogP) is 4.19. The highest BCUT2D eigenvalue weighted by Crippen LogP contribution is 2.43. The van der Waals surface area contributed by atoms with Crippen LogP contribution in [-0.2, 0) is 10.4 Å². The van der Waals surface area contributed by atoms with Gasteiger partial charge in [0, 0.05) is 35.1 Å². The van der Waals surface area contributed by atoms with Crippen molar-refractivity contribution in [2.24, 2.45) is 10.6 Å². The van der Waals surface area contributed by atoms with E-state index in [-0.39, 0.29) is 0 Å². The zero-order chi connectivity index (χ0) is 21.1. The fourth-order valence-electron chi connectivity index (χ4n) is 3.32. The Bertz CT molecular complexity index is 978. The molecule has 1 unspecified atom stereocenters. The number of benzene rings is 1. The first kappa shape index (κ1) is 20.6. The first-order valence-corrected chi connectivity index (χ1v) is 9.40. The van der Waals surface area contributed by atoms with Gasteiger partial charge in [0.25, 0.3) is 0 Å². The van der Waals surface area contributed by atoms with Crippen LogP contribution in [0.2, 0.25) is 0 Å². The van der Waals surface area contributed by atoms with Gasteiger partial charge in [0.1, 0.15) is 19.0 Å². The maximum atomic E-state index is 11.6. The Morgan fingerprint density at radius 3 is 2.07 bits per heavy atom. The number of rotatable bonds is 5. The van der Waals surface area contributed by atoms with Crippen LogP contribution in [0.3, 0.4) is 0 Å². The van der Waals surface area contributed by atoms with Crippen LogP contribution in [0.1, 0.15) is 44.5 Å². The summed E-state index contributed by atoms with van der Waals surface area (Å²) in [4.78, 5) is 17.6. The number of aromatic nitrogens is 3. The third-order valence-electron chi connectivity index (χ3n) is 5.06. The molecule has 6 heteroatoms. The largest absolute Gasteiger partial charge is 0.399 e. The number of pyridine rings is 1. The van der Waals surface area contributed by atoms with Crippen LogP contribution >= 0.6 is 0 Å². The van der Waals surface area contributed by atoms with E-state index in [0.717, 1.165) is 22.4 Å². The third kappa shape index (κ3) is 4.03. The van der Waals surface area contributed by atoms with E-state index < -0.39 is 11.0 Å². The van der Waals surface area contributed by atoms with Crippen LogP contribution in [0.4, 0.5) is 0 Å². The summed E-state index contributed by atoms with van der Waals surface area (Å²) in [6, 6.07) is 11.8. The summed E-state index contributed by atoms with van der Waals surface area (Å²) < 4.78 is 0. The summed E-state index contributed by atoms with van der Waals surface area (Å²) in [6.07, 6.45) is 6.50. The van der Waals surface area contributed by atoms with E-state index in [1.54, 1.807) is 18.6 Å². The van der Waals surface area contributed by atoms with Crippen LogP contribution in [0.15, 0.2) is 66.5 Å². The lowest BCUT2D eigenvalue weighted by Crippen LogP contribution is -2.42. The Morgan fingerprint density at radius 2 is 1.55 bits per heavy atom. The smallest absolute Gasteiger partial charge is 0.139 e. The zero-order valence-electron chi connectivity index (χ0n) is 17.4. The lowest BCUT2D eigenvalue weighted by atomic mass is 9.70. The summed E-state index contributed by atoms with van der Waals surface area (Å²) in [5, 5.41) is 15.6. The van der Waals surface area contributed by atoms with Gasteiger partial charge in [-0.05, 0) is 24.1 Å². The van der Waals surface area contributed by atoms with Gasteiger partial charge in [-0.25, -0.2) is 9.97 Å². The highest BCUT2D eigenvalue weighted by atomic mass is 16.6. The monoisotopic (exact) mass is 390 g/mol. The van der Waals surface area contributed by atoms with Gasteiger partial charge in [0.15, 0.2) is 0 Å². The second-order valence-corrected chi connectivity index (χ2v) is 7.96. The molecule has 29 heavy (non-hydrogen) atoms. The quantitative estimate of drug-likeness (QED) is 0.522. The Kier molecular flexibility index (Phi) is 5.75. The molecule has 150 valence electrons. The van der Waals surface area contributed by atoms with E-state index in [0.29, 0.717) is 11.3 Å². The van der Waals surface area contributed by atoms with Crippen molar-refractivity contribution in [1.82, 2.24) is 15.0 Å². The molecular weight excluding hydrogens is 364 g/mol. The van der Waals surface area contributed by atoms with Gasteiger partial charge in [-0.3, -0.25) is 4.98 Å². The van der Waals surface area contributed by atoms with Gasteiger partial charge in [-0.1, -0.05) is 56.3 Å². The molecule has 0 aliphatic carbocycles. The van der Waals surface area contributed by atoms with E-state index in [1.165, 1.54) is 13.4 Å². The van der Waals surface area contributed by atoms with Crippen molar-refractivity contribution in [2.45, 2.75) is 33.3 Å². The average molecular weight is 390 g/mol. The number of oxime groups is 1. The fraction of sp³-hybridized carbons (Fsp3) is 0.304. The second-order valence-electron chi connectivity index (χ2n) is 7.96. The summed E-state index contributed by atoms with van der Waals surface area (Å²) in [5.74, 6) is 0. The topological polar surface area (TPSA) is 80.5 Å². The number of hydrogen-bond acceptors (Lipinski definition) is 6. The van der Waals surface area contributed by atoms with Crippen LogP contribution in [0, 0.1) is 5.41 Å². The number of aliphatic hydroxyl groups is 1. The maximum Gasteiger partial charge on any atom is 0.139 e. The molecule has 3 aromatic rings. The summed E-state index contributed by atoms with van der Waals surface area (Å²) in [7, 11) is 1.53. The molecule has 0 radical (unpaired) electrons. The van der Waals surface area contributed by atoms with Gasteiger partial charge in [-0.2, -0.15) is 0 Å². The Labute approximate surface area is 171 Å². The third-order valence-corrected chi connectivity index (χ3v) is 5.06. The van der Waals surface area contributed by atoms with Crippen LogP contribution < -0.4 is 0 Å². The SMILES string of the molecule is CO/N=C(/C)c1ccc(-c2ccc(C(O)(c3cncnc3)C(C)(C)C)nc2)cc1. The molecule has 0 saturated carbocycles. The lowest BCUT2D eigenvalue weighted by molar-refractivity contribution is -0.0301. The van der Waals surface area contributed by atoms with Crippen molar-refractivity contribution in [3.63, 3.8) is 0 Å². The van der Waals surface area contributed by atoms with Crippen molar-refractivity contribution < 1.29 is 9.94 Å². The molecule has 0 saturated heterocycles. The van der Waals surface area contributed by atoms with E-state index in [4.69, 9.17) is 4.84 Å². The lowest BCUT2D eigenvalue weighted by Gasteiger charge is -2.39. The molecule has 0 bridgehead atoms. The summed E-state index contributed by atoms with van der Waals surface area (Å²) >= 11 is 0. The molecule has 0 amide bonds. The van der Waals surface area contributed by atoms with E-state index in [2.05, 4.69) is 20.1 Å². The van der Waals surface area contributed by atoms with Crippen LogP contribution in [-0.4, -0.2) is 32.9 Å². The van der Waals surface area contributed by atoms with E-state index >= 15 is 0 Å². The van der Waals surface area contributed by atoms with E-state index in [9.17, 15) is 5.11 Å². The van der Waals surface area contributed by atoms with Crippen molar-refractivity contribution >= 4 is 5.71 Å². The standard InChI is InChI=1S/C23H26N4O2/c1-16(27-29-5)17-6-8-18(9-7-17)19-10-11-21(26-12-19)23(28,22(2,3)4)20-13-24-15-25-14-20/h6-15,28H,1-5H3/b27-16-. The minimum absolute atomic E-state index is 0.508. The molecule has 3 rings (SSSR count). The van der Waals surface area contributed by atoms with E-state index in [1.807, 2.05) is 64.1 Å². The Balaban J connectivity index is 1.96. The van der Waals surface area contributed by atoms with Crippen molar-refractivity contribution in [3.8, 4) is 11.1 Å². The highest BCUT2D eigenvalue weighted by molar-refractivity contribution is 5.98. The number of nitrogens with zero attached hydrogens (tertiary/aromatic N) is 4. The molecule has 0 fully saturated rings. The molecule has 2 aromatic heterocycles. The van der Waals surface area contributed by atoms with Gasteiger partial charge in [0.05, 0.1) is 11.4 Å². The van der Waals surface area contributed by atoms with Gasteiger partial charge in [0.2, 0.25) is 0 Å². The zero-order valence-corrected chi connectivity index (χ0v) is 17.4. The fourth-order valence-corrected chi connectivity index (χ4v) is 3.32. The van der Waals surface area contributed by atoms with Crippen molar-refractivity contribution in [2.75, 3.05) is 7.11 Å². The van der Waals surface area contributed by atoms with Crippen molar-refractivity contribution in [1.29, 1.82) is 0 Å². The number of hydrogen-bond donors (Lipinski definition) is 1. The molecule has 0 aliphatic heterocycles. The maximum absolute atomic E-state index is 11.6. The minimum atomic E-state index is -1.32. The minimum Gasteiger partial charge on any atom is -0.399 e. The first-order valence-electron chi connectivity index (χ1n) is 9.40. The summed E-state index contributed by atoms with van der Waals surface area (Å²) in [5.41, 5.74) is 3.14. The predicted molar refractivity (Wildman–Crippen MR) is 113 cm³/mol. The van der Waals surface area contributed by atoms with Gasteiger partial charge >= 0.3 is 0 Å². The molecule has 0 aliphatic rings. The molecular formula is C23H26N4O2. The van der Waals surface area contributed by atoms with Crippen LogP contribution in [0.25, 0.3) is 11.1 Å². The van der Waals surface area contributed by atoms with Crippen LogP contribution in [0.5, 0.6) is 0 Å². The Hall–Kier alpha value is -3.12. The second kappa shape index (κ2) is 8.09. The highest BCUT2D eigenvalue weighted by Gasteiger charge is 2.45.